The molecule has 102 valence electrons. The number of Topliss-reactive ketones (excluding diaryl/α,β-unsaturated/α-hetero) is 1. The quantitative estimate of drug-likeness (QED) is 0.529. The summed E-state index contributed by atoms with van der Waals surface area (Å²) in [6.07, 6.45) is 1.13. The molecule has 0 amide bonds. The molecule has 3 aliphatic rings. The van der Waals surface area contributed by atoms with Crippen molar-refractivity contribution in [1.29, 1.82) is 0 Å². The second kappa shape index (κ2) is 3.79. The fraction of sp³-hybridized carbons (Fsp3) is 0.600. The Bertz CT molecular complexity index is 502. The van der Waals surface area contributed by atoms with Crippen LogP contribution in [0.15, 0.2) is 24.3 Å². The van der Waals surface area contributed by atoms with Crippen LogP contribution < -0.4 is 0 Å². The highest BCUT2D eigenvalue weighted by Crippen LogP contribution is 2.52. The van der Waals surface area contributed by atoms with E-state index in [0.29, 0.717) is 30.4 Å². The van der Waals surface area contributed by atoms with Gasteiger partial charge in [-0.1, -0.05) is 13.2 Å². The Morgan fingerprint density at radius 3 is 2.68 bits per heavy atom. The minimum Gasteiger partial charge on any atom is -0.458 e. The van der Waals surface area contributed by atoms with Crippen molar-refractivity contribution in [3.05, 3.63) is 24.3 Å². The zero-order valence-corrected chi connectivity index (χ0v) is 11.0. The molecule has 19 heavy (non-hydrogen) atoms. The van der Waals surface area contributed by atoms with E-state index in [2.05, 4.69) is 13.2 Å². The normalized spacial score (nSPS) is 45.8. The maximum Gasteiger partial charge on any atom is 0.334 e. The second-order valence-electron chi connectivity index (χ2n) is 6.18. The van der Waals surface area contributed by atoms with Gasteiger partial charge in [-0.25, -0.2) is 4.79 Å². The molecule has 0 radical (unpaired) electrons. The highest BCUT2D eigenvalue weighted by molar-refractivity contribution is 5.99. The van der Waals surface area contributed by atoms with Gasteiger partial charge in [-0.15, -0.1) is 0 Å². The number of fused-ring (bicyclic) bond motifs is 3. The third kappa shape index (κ3) is 1.62. The van der Waals surface area contributed by atoms with Crippen LogP contribution in [-0.4, -0.2) is 28.6 Å². The van der Waals surface area contributed by atoms with Crippen molar-refractivity contribution in [1.82, 2.24) is 0 Å². The molecule has 1 heterocycles. The van der Waals surface area contributed by atoms with E-state index in [-0.39, 0.29) is 35.6 Å². The van der Waals surface area contributed by atoms with Gasteiger partial charge in [0.2, 0.25) is 0 Å². The zero-order chi connectivity index (χ0) is 13.9. The topological polar surface area (TPSA) is 63.6 Å². The van der Waals surface area contributed by atoms with Crippen molar-refractivity contribution in [2.24, 2.45) is 17.8 Å². The van der Waals surface area contributed by atoms with Crippen LogP contribution in [0.3, 0.4) is 0 Å². The summed E-state index contributed by atoms with van der Waals surface area (Å²) in [5.74, 6) is -0.969. The standard InChI is InChI=1S/C15H18O4/c1-7-9-4-5-15(3,18)10-6-11(16)8(2)12(10)13(9)19-14(7)17/h9-10,12-13,18H,1-2,4-6H2,3H3/t9-,10+,12-,13-,15+/m1/s1. The van der Waals surface area contributed by atoms with Crippen molar-refractivity contribution >= 4 is 11.8 Å². The molecule has 4 nitrogen and oxygen atoms in total. The first kappa shape index (κ1) is 12.6. The number of hydrogen-bond acceptors (Lipinski definition) is 4. The van der Waals surface area contributed by atoms with Crippen LogP contribution in [0.4, 0.5) is 0 Å². The largest absolute Gasteiger partial charge is 0.458 e. The molecule has 4 heteroatoms. The lowest BCUT2D eigenvalue weighted by atomic mass is 9.78. The third-order valence-electron chi connectivity index (χ3n) is 5.06. The Morgan fingerprint density at radius 2 is 2.00 bits per heavy atom. The maximum absolute atomic E-state index is 11.9. The average Bonchev–Trinajstić information content (AvgIpc) is 2.74. The fourth-order valence-electron chi connectivity index (χ4n) is 3.85. The number of aliphatic hydroxyl groups is 1. The van der Waals surface area contributed by atoms with Gasteiger partial charge in [-0.3, -0.25) is 4.79 Å². The summed E-state index contributed by atoms with van der Waals surface area (Å²) in [6, 6.07) is 0. The zero-order valence-electron chi connectivity index (χ0n) is 11.0. The fourth-order valence-corrected chi connectivity index (χ4v) is 3.85. The Morgan fingerprint density at radius 1 is 1.32 bits per heavy atom. The summed E-state index contributed by atoms with van der Waals surface area (Å²) in [4.78, 5) is 23.6. The minimum atomic E-state index is -0.920. The molecule has 0 bridgehead atoms. The van der Waals surface area contributed by atoms with E-state index in [4.69, 9.17) is 4.74 Å². The number of hydrogen-bond donors (Lipinski definition) is 1. The monoisotopic (exact) mass is 262 g/mol. The number of ketones is 1. The van der Waals surface area contributed by atoms with Crippen molar-refractivity contribution in [3.63, 3.8) is 0 Å². The van der Waals surface area contributed by atoms with Crippen LogP contribution in [0, 0.1) is 17.8 Å². The smallest absolute Gasteiger partial charge is 0.334 e. The number of ether oxygens (including phenoxy) is 1. The lowest BCUT2D eigenvalue weighted by Gasteiger charge is -2.32. The number of carbonyl (C=O) groups excluding carboxylic acids is 2. The Hall–Kier alpha value is -1.42. The molecule has 1 aliphatic heterocycles. The van der Waals surface area contributed by atoms with Gasteiger partial charge < -0.3 is 9.84 Å². The van der Waals surface area contributed by atoms with Gasteiger partial charge in [0, 0.05) is 29.7 Å². The molecule has 3 fully saturated rings. The van der Waals surface area contributed by atoms with E-state index in [9.17, 15) is 14.7 Å². The minimum absolute atomic E-state index is 0.0236. The maximum atomic E-state index is 11.9. The summed E-state index contributed by atoms with van der Waals surface area (Å²) < 4.78 is 5.42. The summed E-state index contributed by atoms with van der Waals surface area (Å²) >= 11 is 0. The average molecular weight is 262 g/mol. The first-order valence-electron chi connectivity index (χ1n) is 6.67. The third-order valence-corrected chi connectivity index (χ3v) is 5.06. The van der Waals surface area contributed by atoms with Crippen LogP contribution in [0.25, 0.3) is 0 Å². The SMILES string of the molecule is C=C1C(=O)C[C@H]2[C@@H]1[C@@H]1OC(=O)C(=C)[C@H]1CC[C@]2(C)O. The van der Waals surface area contributed by atoms with E-state index in [0.717, 1.165) is 0 Å². The number of carbonyl (C=O) groups is 2. The lowest BCUT2D eigenvalue weighted by molar-refractivity contribution is -0.142. The van der Waals surface area contributed by atoms with Gasteiger partial charge in [-0.05, 0) is 25.3 Å². The summed E-state index contributed by atoms with van der Waals surface area (Å²) in [6.45, 7) is 9.42. The molecule has 0 unspecified atom stereocenters. The second-order valence-corrected chi connectivity index (χ2v) is 6.18. The van der Waals surface area contributed by atoms with Crippen LogP contribution in [0.1, 0.15) is 26.2 Å². The Labute approximate surface area is 112 Å². The first-order valence-corrected chi connectivity index (χ1v) is 6.67. The van der Waals surface area contributed by atoms with Gasteiger partial charge >= 0.3 is 5.97 Å². The predicted molar refractivity (Wildman–Crippen MR) is 68.1 cm³/mol. The van der Waals surface area contributed by atoms with Crippen LogP contribution in [0.2, 0.25) is 0 Å². The van der Waals surface area contributed by atoms with Crippen LogP contribution in [0.5, 0.6) is 0 Å². The Balaban J connectivity index is 2.05. The molecular formula is C15H18O4. The molecule has 0 spiro atoms. The van der Waals surface area contributed by atoms with Crippen molar-refractivity contribution < 1.29 is 19.4 Å². The molecule has 0 aromatic rings. The molecule has 1 N–H and O–H groups in total. The van der Waals surface area contributed by atoms with Gasteiger partial charge in [0.25, 0.3) is 0 Å². The van der Waals surface area contributed by atoms with E-state index in [1.807, 2.05) is 0 Å². The summed E-state index contributed by atoms with van der Waals surface area (Å²) in [5, 5.41) is 10.6. The molecule has 0 aromatic carbocycles. The van der Waals surface area contributed by atoms with E-state index < -0.39 is 5.60 Å². The molecular weight excluding hydrogens is 244 g/mol. The van der Waals surface area contributed by atoms with Crippen molar-refractivity contribution in [2.45, 2.75) is 37.9 Å². The summed E-state index contributed by atoms with van der Waals surface area (Å²) in [7, 11) is 0. The number of esters is 1. The van der Waals surface area contributed by atoms with E-state index in [1.54, 1.807) is 6.92 Å². The molecule has 5 atom stereocenters. The first-order chi connectivity index (χ1) is 8.83. The van der Waals surface area contributed by atoms with Gasteiger partial charge in [-0.2, -0.15) is 0 Å². The Kier molecular flexibility index (Phi) is 2.52. The van der Waals surface area contributed by atoms with Crippen LogP contribution >= 0.6 is 0 Å². The molecule has 1 saturated heterocycles. The van der Waals surface area contributed by atoms with Gasteiger partial charge in [0.15, 0.2) is 5.78 Å². The van der Waals surface area contributed by atoms with Crippen molar-refractivity contribution in [3.8, 4) is 0 Å². The van der Waals surface area contributed by atoms with Gasteiger partial charge in [0.1, 0.15) is 6.10 Å². The molecule has 2 saturated carbocycles. The van der Waals surface area contributed by atoms with Gasteiger partial charge in [0.05, 0.1) is 5.60 Å². The molecule has 3 rings (SSSR count). The summed E-state index contributed by atoms with van der Waals surface area (Å²) in [5.41, 5.74) is 0.0369. The highest BCUT2D eigenvalue weighted by atomic mass is 16.6. The lowest BCUT2D eigenvalue weighted by Crippen LogP contribution is -2.39. The molecule has 2 aliphatic carbocycles. The molecule has 0 aromatic heterocycles. The van der Waals surface area contributed by atoms with Crippen molar-refractivity contribution in [2.75, 3.05) is 0 Å². The number of rotatable bonds is 0. The van der Waals surface area contributed by atoms with E-state index in [1.165, 1.54) is 0 Å². The van der Waals surface area contributed by atoms with E-state index >= 15 is 0 Å². The predicted octanol–water partition coefficient (Wildman–Crippen LogP) is 1.39. The highest BCUT2D eigenvalue weighted by Gasteiger charge is 2.57. The van der Waals surface area contributed by atoms with Crippen LogP contribution in [-0.2, 0) is 14.3 Å².